The minimum Gasteiger partial charge on any atom is -0.338 e. The van der Waals surface area contributed by atoms with Crippen molar-refractivity contribution in [3.63, 3.8) is 0 Å². The number of carbonyl (C=O) groups is 1. The Morgan fingerprint density at radius 3 is 2.60 bits per heavy atom. The van der Waals surface area contributed by atoms with E-state index in [1.165, 1.54) is 12.8 Å². The third-order valence-corrected chi connectivity index (χ3v) is 4.01. The molecule has 2 amide bonds. The van der Waals surface area contributed by atoms with Gasteiger partial charge in [-0.1, -0.05) is 56.3 Å². The maximum Gasteiger partial charge on any atom is 0.319 e. The van der Waals surface area contributed by atoms with Crippen LogP contribution in [0.2, 0.25) is 10.0 Å². The smallest absolute Gasteiger partial charge is 0.319 e. The van der Waals surface area contributed by atoms with Gasteiger partial charge in [-0.05, 0) is 30.5 Å². The highest BCUT2D eigenvalue weighted by atomic mass is 35.5. The van der Waals surface area contributed by atoms with Gasteiger partial charge < -0.3 is 10.6 Å². The van der Waals surface area contributed by atoms with Crippen molar-refractivity contribution < 1.29 is 4.79 Å². The molecule has 0 saturated carbocycles. The number of urea groups is 1. The number of benzene rings is 1. The molecule has 5 heteroatoms. The summed E-state index contributed by atoms with van der Waals surface area (Å²) in [5, 5.41) is 6.56. The van der Waals surface area contributed by atoms with E-state index in [1.807, 2.05) is 0 Å². The Labute approximate surface area is 131 Å². The Balaban J connectivity index is 2.40. The molecule has 0 unspecified atom stereocenters. The molecule has 0 aliphatic carbocycles. The first kappa shape index (κ1) is 17.1. The number of nitrogens with one attached hydrogen (secondary N) is 2. The van der Waals surface area contributed by atoms with Crippen molar-refractivity contribution in [3.8, 4) is 0 Å². The standard InChI is InChI=1S/C15H22Cl2N2O/c1-3-5-6-11(4-2)10-18-15(20)19-12-7-8-13(16)14(17)9-12/h7-9,11H,3-6,10H2,1-2H3,(H2,18,19,20)/t11-/m0/s1. The highest BCUT2D eigenvalue weighted by Gasteiger charge is 2.09. The van der Waals surface area contributed by atoms with Crippen LogP contribution >= 0.6 is 23.2 Å². The lowest BCUT2D eigenvalue weighted by Crippen LogP contribution is -2.33. The van der Waals surface area contributed by atoms with E-state index >= 15 is 0 Å². The number of amides is 2. The molecule has 0 radical (unpaired) electrons. The van der Waals surface area contributed by atoms with Crippen molar-refractivity contribution in [2.75, 3.05) is 11.9 Å². The molecule has 1 aromatic carbocycles. The van der Waals surface area contributed by atoms with Gasteiger partial charge in [-0.25, -0.2) is 4.79 Å². The predicted octanol–water partition coefficient (Wildman–Crippen LogP) is 5.33. The van der Waals surface area contributed by atoms with E-state index in [0.29, 0.717) is 28.2 Å². The first-order valence-corrected chi connectivity index (χ1v) is 7.82. The van der Waals surface area contributed by atoms with Gasteiger partial charge in [0.05, 0.1) is 10.0 Å². The quantitative estimate of drug-likeness (QED) is 0.701. The Morgan fingerprint density at radius 1 is 1.25 bits per heavy atom. The van der Waals surface area contributed by atoms with E-state index in [1.54, 1.807) is 18.2 Å². The minimum absolute atomic E-state index is 0.210. The van der Waals surface area contributed by atoms with Crippen molar-refractivity contribution in [2.45, 2.75) is 39.5 Å². The number of carbonyl (C=O) groups excluding carboxylic acids is 1. The van der Waals surface area contributed by atoms with E-state index in [4.69, 9.17) is 23.2 Å². The lowest BCUT2D eigenvalue weighted by atomic mass is 9.99. The van der Waals surface area contributed by atoms with E-state index in [0.717, 1.165) is 12.8 Å². The summed E-state index contributed by atoms with van der Waals surface area (Å²) in [7, 11) is 0. The van der Waals surface area contributed by atoms with Crippen molar-refractivity contribution >= 4 is 34.9 Å². The zero-order chi connectivity index (χ0) is 15.0. The van der Waals surface area contributed by atoms with Gasteiger partial charge in [0.25, 0.3) is 0 Å². The van der Waals surface area contributed by atoms with E-state index in [2.05, 4.69) is 24.5 Å². The van der Waals surface area contributed by atoms with Crippen LogP contribution in [0.4, 0.5) is 10.5 Å². The van der Waals surface area contributed by atoms with Crippen LogP contribution < -0.4 is 10.6 Å². The predicted molar refractivity (Wildman–Crippen MR) is 86.8 cm³/mol. The molecule has 0 fully saturated rings. The third-order valence-electron chi connectivity index (χ3n) is 3.27. The second-order valence-electron chi connectivity index (χ2n) is 4.88. The van der Waals surface area contributed by atoms with Gasteiger partial charge in [-0.3, -0.25) is 0 Å². The summed E-state index contributed by atoms with van der Waals surface area (Å²) in [5.41, 5.74) is 0.638. The molecule has 0 aliphatic heterocycles. The van der Waals surface area contributed by atoms with Gasteiger partial charge >= 0.3 is 6.03 Å². The SMILES string of the molecule is CCCC[C@H](CC)CNC(=O)Nc1ccc(Cl)c(Cl)c1. The first-order valence-electron chi connectivity index (χ1n) is 7.06. The van der Waals surface area contributed by atoms with Crippen LogP contribution in [0.5, 0.6) is 0 Å². The molecule has 0 bridgehead atoms. The van der Waals surface area contributed by atoms with Crippen LogP contribution in [0.15, 0.2) is 18.2 Å². The van der Waals surface area contributed by atoms with Gasteiger partial charge in [-0.2, -0.15) is 0 Å². The average molecular weight is 317 g/mol. The minimum atomic E-state index is -0.210. The van der Waals surface area contributed by atoms with Crippen LogP contribution in [0.25, 0.3) is 0 Å². The molecule has 0 heterocycles. The highest BCUT2D eigenvalue weighted by Crippen LogP contribution is 2.24. The van der Waals surface area contributed by atoms with Crippen LogP contribution in [-0.2, 0) is 0 Å². The Kier molecular flexibility index (Phi) is 7.78. The van der Waals surface area contributed by atoms with E-state index in [9.17, 15) is 4.79 Å². The first-order chi connectivity index (χ1) is 9.56. The van der Waals surface area contributed by atoms with Crippen LogP contribution in [-0.4, -0.2) is 12.6 Å². The molecular formula is C15H22Cl2N2O. The molecule has 20 heavy (non-hydrogen) atoms. The maximum atomic E-state index is 11.8. The van der Waals surface area contributed by atoms with Crippen molar-refractivity contribution in [1.82, 2.24) is 5.32 Å². The molecule has 112 valence electrons. The maximum absolute atomic E-state index is 11.8. The Hall–Kier alpha value is -0.930. The molecule has 1 rings (SSSR count). The third kappa shape index (κ3) is 6.02. The summed E-state index contributed by atoms with van der Waals surface area (Å²) in [6.45, 7) is 5.03. The zero-order valence-corrected chi connectivity index (χ0v) is 13.5. The lowest BCUT2D eigenvalue weighted by Gasteiger charge is -2.15. The normalized spacial score (nSPS) is 12.0. The molecule has 0 aliphatic rings. The summed E-state index contributed by atoms with van der Waals surface area (Å²) in [4.78, 5) is 11.8. The number of rotatable bonds is 7. The van der Waals surface area contributed by atoms with Gasteiger partial charge in [0.2, 0.25) is 0 Å². The topological polar surface area (TPSA) is 41.1 Å². The van der Waals surface area contributed by atoms with Crippen LogP contribution in [0, 0.1) is 5.92 Å². The van der Waals surface area contributed by atoms with Gasteiger partial charge in [0.1, 0.15) is 0 Å². The van der Waals surface area contributed by atoms with Crippen LogP contribution in [0.3, 0.4) is 0 Å². The van der Waals surface area contributed by atoms with Gasteiger partial charge in [0.15, 0.2) is 0 Å². The summed E-state index contributed by atoms with van der Waals surface area (Å²) in [5.74, 6) is 0.537. The number of hydrogen-bond donors (Lipinski definition) is 2. The summed E-state index contributed by atoms with van der Waals surface area (Å²) in [6, 6.07) is 4.81. The largest absolute Gasteiger partial charge is 0.338 e. The van der Waals surface area contributed by atoms with E-state index in [-0.39, 0.29) is 6.03 Å². The second kappa shape index (κ2) is 9.09. The number of halogens is 2. The Bertz CT molecular complexity index is 438. The Morgan fingerprint density at radius 2 is 2.00 bits per heavy atom. The molecule has 2 N–H and O–H groups in total. The number of anilines is 1. The molecule has 3 nitrogen and oxygen atoms in total. The molecule has 1 atom stereocenters. The van der Waals surface area contributed by atoms with Gasteiger partial charge in [-0.15, -0.1) is 0 Å². The van der Waals surface area contributed by atoms with Crippen molar-refractivity contribution in [2.24, 2.45) is 5.92 Å². The average Bonchev–Trinajstić information content (AvgIpc) is 2.43. The monoisotopic (exact) mass is 316 g/mol. The molecule has 0 spiro atoms. The van der Waals surface area contributed by atoms with Crippen LogP contribution in [0.1, 0.15) is 39.5 Å². The molecule has 1 aromatic rings. The summed E-state index contributed by atoms with van der Waals surface area (Å²) >= 11 is 11.7. The fourth-order valence-corrected chi connectivity index (χ4v) is 2.23. The molecule has 0 saturated heterocycles. The van der Waals surface area contributed by atoms with E-state index < -0.39 is 0 Å². The summed E-state index contributed by atoms with van der Waals surface area (Å²) < 4.78 is 0. The lowest BCUT2D eigenvalue weighted by molar-refractivity contribution is 0.249. The second-order valence-corrected chi connectivity index (χ2v) is 5.69. The molecular weight excluding hydrogens is 295 g/mol. The fraction of sp³-hybridized carbons (Fsp3) is 0.533. The number of unbranched alkanes of at least 4 members (excludes halogenated alkanes) is 1. The van der Waals surface area contributed by atoms with Gasteiger partial charge in [0, 0.05) is 12.2 Å². The number of hydrogen-bond acceptors (Lipinski definition) is 1. The highest BCUT2D eigenvalue weighted by molar-refractivity contribution is 6.42. The van der Waals surface area contributed by atoms with Crippen molar-refractivity contribution in [3.05, 3.63) is 28.2 Å². The summed E-state index contributed by atoms with van der Waals surface area (Å²) in [6.07, 6.45) is 4.62. The molecule has 0 aromatic heterocycles. The van der Waals surface area contributed by atoms with Crippen molar-refractivity contribution in [1.29, 1.82) is 0 Å². The zero-order valence-electron chi connectivity index (χ0n) is 12.0. The fourth-order valence-electron chi connectivity index (χ4n) is 1.93.